The Morgan fingerprint density at radius 1 is 0.964 bits per heavy atom. The van der Waals surface area contributed by atoms with E-state index in [1.807, 2.05) is 0 Å². The standard InChI is InChI=1S/C21H13F2N3O2/c22-13-5-6-17(23)15(9-13)19(27)16-10-26-21-18(16)14(7-8-25-21)11-1-3-12(4-2-11)20(24)28/h1-10H,(H2,24,28)(H,25,26). The van der Waals surface area contributed by atoms with Gasteiger partial charge < -0.3 is 10.7 Å². The molecule has 5 nitrogen and oxygen atoms in total. The van der Waals surface area contributed by atoms with Crippen molar-refractivity contribution in [3.63, 3.8) is 0 Å². The molecule has 4 aromatic rings. The number of primary amides is 1. The Kier molecular flexibility index (Phi) is 4.19. The zero-order valence-electron chi connectivity index (χ0n) is 14.4. The molecule has 0 radical (unpaired) electrons. The van der Waals surface area contributed by atoms with Crippen LogP contribution >= 0.6 is 0 Å². The van der Waals surface area contributed by atoms with E-state index in [9.17, 15) is 18.4 Å². The Hall–Kier alpha value is -3.87. The number of benzene rings is 2. The van der Waals surface area contributed by atoms with Gasteiger partial charge >= 0.3 is 0 Å². The van der Waals surface area contributed by atoms with Crippen molar-refractivity contribution in [1.29, 1.82) is 0 Å². The van der Waals surface area contributed by atoms with E-state index in [0.717, 1.165) is 18.2 Å². The van der Waals surface area contributed by atoms with Crippen LogP contribution in [0.5, 0.6) is 0 Å². The smallest absolute Gasteiger partial charge is 0.248 e. The molecule has 0 spiro atoms. The summed E-state index contributed by atoms with van der Waals surface area (Å²) in [7, 11) is 0. The highest BCUT2D eigenvalue weighted by atomic mass is 19.1. The van der Waals surface area contributed by atoms with E-state index in [-0.39, 0.29) is 11.1 Å². The number of pyridine rings is 1. The van der Waals surface area contributed by atoms with Crippen molar-refractivity contribution in [2.75, 3.05) is 0 Å². The Labute approximate surface area is 157 Å². The predicted octanol–water partition coefficient (Wildman–Crippen LogP) is 3.84. The van der Waals surface area contributed by atoms with Crippen LogP contribution in [0.3, 0.4) is 0 Å². The van der Waals surface area contributed by atoms with E-state index < -0.39 is 23.3 Å². The molecule has 1 amide bonds. The lowest BCUT2D eigenvalue weighted by molar-refractivity contribution is 0.0998. The van der Waals surface area contributed by atoms with Gasteiger partial charge in [0, 0.05) is 23.3 Å². The summed E-state index contributed by atoms with van der Waals surface area (Å²) < 4.78 is 27.6. The molecular weight excluding hydrogens is 364 g/mol. The molecule has 0 fully saturated rings. The molecule has 0 aliphatic rings. The Morgan fingerprint density at radius 2 is 1.71 bits per heavy atom. The second-order valence-corrected chi connectivity index (χ2v) is 6.18. The fourth-order valence-corrected chi connectivity index (χ4v) is 3.11. The van der Waals surface area contributed by atoms with Gasteiger partial charge in [0.05, 0.1) is 11.1 Å². The van der Waals surface area contributed by atoms with Crippen molar-refractivity contribution in [2.45, 2.75) is 0 Å². The van der Waals surface area contributed by atoms with Gasteiger partial charge in [-0.25, -0.2) is 13.8 Å². The number of aromatic nitrogens is 2. The second kappa shape index (κ2) is 6.70. The van der Waals surface area contributed by atoms with Crippen LogP contribution in [0.25, 0.3) is 22.2 Å². The molecule has 7 heteroatoms. The minimum absolute atomic E-state index is 0.168. The van der Waals surface area contributed by atoms with E-state index in [1.165, 1.54) is 6.20 Å². The Balaban J connectivity index is 1.89. The third-order valence-corrected chi connectivity index (χ3v) is 4.47. The van der Waals surface area contributed by atoms with Gasteiger partial charge in [0.2, 0.25) is 5.91 Å². The van der Waals surface area contributed by atoms with Gasteiger partial charge in [-0.3, -0.25) is 9.59 Å². The summed E-state index contributed by atoms with van der Waals surface area (Å²) >= 11 is 0. The Bertz CT molecular complexity index is 1230. The van der Waals surface area contributed by atoms with Gasteiger partial charge in [0.15, 0.2) is 5.78 Å². The van der Waals surface area contributed by atoms with Gasteiger partial charge in [0.25, 0.3) is 0 Å². The molecule has 0 saturated carbocycles. The number of rotatable bonds is 4. The fraction of sp³-hybridized carbons (Fsp3) is 0. The summed E-state index contributed by atoms with van der Waals surface area (Å²) in [4.78, 5) is 31.3. The molecule has 0 aliphatic heterocycles. The van der Waals surface area contributed by atoms with Gasteiger partial charge in [-0.15, -0.1) is 0 Å². The number of hydrogen-bond acceptors (Lipinski definition) is 3. The van der Waals surface area contributed by atoms with Crippen LogP contribution in [0.15, 0.2) is 60.9 Å². The topological polar surface area (TPSA) is 88.8 Å². The van der Waals surface area contributed by atoms with Crippen LogP contribution in [0.2, 0.25) is 0 Å². The van der Waals surface area contributed by atoms with Crippen molar-refractivity contribution in [2.24, 2.45) is 5.73 Å². The molecule has 2 aromatic heterocycles. The van der Waals surface area contributed by atoms with Gasteiger partial charge in [-0.2, -0.15) is 0 Å². The molecule has 2 aromatic carbocycles. The molecule has 138 valence electrons. The third kappa shape index (κ3) is 2.92. The molecule has 0 atom stereocenters. The highest BCUT2D eigenvalue weighted by molar-refractivity contribution is 6.18. The summed E-state index contributed by atoms with van der Waals surface area (Å²) in [5.41, 5.74) is 7.22. The number of carbonyl (C=O) groups is 2. The lowest BCUT2D eigenvalue weighted by Crippen LogP contribution is -2.10. The van der Waals surface area contributed by atoms with E-state index in [0.29, 0.717) is 27.7 Å². The zero-order valence-corrected chi connectivity index (χ0v) is 14.4. The fourth-order valence-electron chi connectivity index (χ4n) is 3.11. The van der Waals surface area contributed by atoms with Crippen LogP contribution in [0.4, 0.5) is 8.78 Å². The number of aromatic amines is 1. The molecule has 4 rings (SSSR count). The number of amides is 1. The van der Waals surface area contributed by atoms with Crippen molar-refractivity contribution in [1.82, 2.24) is 9.97 Å². The van der Waals surface area contributed by atoms with E-state index in [2.05, 4.69) is 9.97 Å². The van der Waals surface area contributed by atoms with Crippen LogP contribution < -0.4 is 5.73 Å². The molecule has 0 saturated heterocycles. The largest absolute Gasteiger partial charge is 0.366 e. The summed E-state index contributed by atoms with van der Waals surface area (Å²) in [6.45, 7) is 0. The van der Waals surface area contributed by atoms with E-state index in [4.69, 9.17) is 5.73 Å². The predicted molar refractivity (Wildman–Crippen MR) is 99.8 cm³/mol. The molecule has 2 heterocycles. The average molecular weight is 377 g/mol. The third-order valence-electron chi connectivity index (χ3n) is 4.47. The number of carbonyl (C=O) groups excluding carboxylic acids is 2. The van der Waals surface area contributed by atoms with Gasteiger partial charge in [0.1, 0.15) is 17.3 Å². The first-order chi connectivity index (χ1) is 13.5. The molecular formula is C21H13F2N3O2. The van der Waals surface area contributed by atoms with E-state index >= 15 is 0 Å². The van der Waals surface area contributed by atoms with Crippen molar-refractivity contribution in [3.05, 3.63) is 89.2 Å². The number of nitrogens with zero attached hydrogens (tertiary/aromatic N) is 1. The molecule has 3 N–H and O–H groups in total. The molecule has 28 heavy (non-hydrogen) atoms. The number of ketones is 1. The van der Waals surface area contributed by atoms with Crippen molar-refractivity contribution in [3.8, 4) is 11.1 Å². The highest BCUT2D eigenvalue weighted by Crippen LogP contribution is 2.31. The lowest BCUT2D eigenvalue weighted by atomic mass is 9.96. The normalized spacial score (nSPS) is 10.9. The van der Waals surface area contributed by atoms with Crippen LogP contribution in [0.1, 0.15) is 26.3 Å². The first-order valence-electron chi connectivity index (χ1n) is 8.32. The molecule has 0 bridgehead atoms. The second-order valence-electron chi connectivity index (χ2n) is 6.18. The minimum atomic E-state index is -0.808. The number of nitrogens with two attached hydrogens (primary N) is 1. The lowest BCUT2D eigenvalue weighted by Gasteiger charge is -2.07. The van der Waals surface area contributed by atoms with Crippen LogP contribution in [-0.2, 0) is 0 Å². The maximum absolute atomic E-state index is 14.1. The van der Waals surface area contributed by atoms with Crippen LogP contribution in [-0.4, -0.2) is 21.7 Å². The SMILES string of the molecule is NC(=O)c1ccc(-c2ccnc3[nH]cc(C(=O)c4cc(F)ccc4F)c23)cc1. The Morgan fingerprint density at radius 3 is 2.43 bits per heavy atom. The van der Waals surface area contributed by atoms with Crippen LogP contribution in [0, 0.1) is 11.6 Å². The first-order valence-corrected chi connectivity index (χ1v) is 8.32. The number of fused-ring (bicyclic) bond motifs is 1. The summed E-state index contributed by atoms with van der Waals surface area (Å²) in [6, 6.07) is 11.0. The molecule has 0 unspecified atom stereocenters. The first kappa shape index (κ1) is 17.5. The zero-order chi connectivity index (χ0) is 19.8. The quantitative estimate of drug-likeness (QED) is 0.530. The summed E-state index contributed by atoms with van der Waals surface area (Å²) in [6.07, 6.45) is 2.98. The maximum Gasteiger partial charge on any atom is 0.248 e. The number of nitrogens with one attached hydrogen (secondary N) is 1. The number of hydrogen-bond donors (Lipinski definition) is 2. The van der Waals surface area contributed by atoms with Gasteiger partial charge in [-0.1, -0.05) is 12.1 Å². The van der Waals surface area contributed by atoms with Crippen molar-refractivity contribution < 1.29 is 18.4 Å². The highest BCUT2D eigenvalue weighted by Gasteiger charge is 2.21. The summed E-state index contributed by atoms with van der Waals surface area (Å²) in [5, 5.41) is 0.475. The number of H-pyrrole nitrogens is 1. The summed E-state index contributed by atoms with van der Waals surface area (Å²) in [5.74, 6) is -2.72. The van der Waals surface area contributed by atoms with E-state index in [1.54, 1.807) is 36.5 Å². The minimum Gasteiger partial charge on any atom is -0.366 e. The number of halogens is 2. The van der Waals surface area contributed by atoms with Crippen molar-refractivity contribution >= 4 is 22.7 Å². The average Bonchev–Trinajstić information content (AvgIpc) is 3.13. The monoisotopic (exact) mass is 377 g/mol. The molecule has 0 aliphatic carbocycles. The van der Waals surface area contributed by atoms with Gasteiger partial charge in [-0.05, 0) is 47.5 Å². The maximum atomic E-state index is 14.1.